The van der Waals surface area contributed by atoms with Crippen LogP contribution in [0, 0.1) is 5.82 Å². The van der Waals surface area contributed by atoms with E-state index in [2.05, 4.69) is 26.3 Å². The molecule has 2 aromatic heterocycles. The van der Waals surface area contributed by atoms with Gasteiger partial charge in [0.15, 0.2) is 5.16 Å². The van der Waals surface area contributed by atoms with Crippen LogP contribution >= 0.6 is 11.8 Å². The second-order valence-corrected chi connectivity index (χ2v) is 10.9. The Morgan fingerprint density at radius 3 is 2.76 bits per heavy atom. The SMILES string of the molecule is O=C(NCCc1cccc(F)c1)[C@@H]1C[C@@H](Sc2nc3ccccc3[nH]2)CN1Cc1ccnc2ccccc12. The third-order valence-electron chi connectivity index (χ3n) is 7.03. The number of fused-ring (bicyclic) bond motifs is 2. The molecule has 1 amide bonds. The maximum atomic E-state index is 13.5. The zero-order valence-electron chi connectivity index (χ0n) is 20.8. The van der Waals surface area contributed by atoms with Crippen molar-refractivity contribution in [3.63, 3.8) is 0 Å². The summed E-state index contributed by atoms with van der Waals surface area (Å²) in [5, 5.41) is 5.29. The number of para-hydroxylation sites is 3. The normalized spacial score (nSPS) is 17.8. The van der Waals surface area contributed by atoms with Gasteiger partial charge in [0.25, 0.3) is 0 Å². The lowest BCUT2D eigenvalue weighted by molar-refractivity contribution is -0.125. The first-order chi connectivity index (χ1) is 18.6. The van der Waals surface area contributed by atoms with Crippen molar-refractivity contribution in [1.82, 2.24) is 25.2 Å². The fraction of sp³-hybridized carbons (Fsp3) is 0.233. The van der Waals surface area contributed by atoms with E-state index in [4.69, 9.17) is 4.98 Å². The number of likely N-dealkylation sites (tertiary alicyclic amines) is 1. The summed E-state index contributed by atoms with van der Waals surface area (Å²) in [6.07, 6.45) is 3.14. The highest BCUT2D eigenvalue weighted by atomic mass is 32.2. The largest absolute Gasteiger partial charge is 0.354 e. The number of nitrogens with zero attached hydrogens (tertiary/aromatic N) is 3. The fourth-order valence-electron chi connectivity index (χ4n) is 5.19. The molecule has 3 aromatic carbocycles. The van der Waals surface area contributed by atoms with Crippen molar-refractivity contribution in [3.8, 4) is 0 Å². The van der Waals surface area contributed by atoms with Gasteiger partial charge >= 0.3 is 0 Å². The van der Waals surface area contributed by atoms with Crippen molar-refractivity contribution in [2.24, 2.45) is 0 Å². The first kappa shape index (κ1) is 24.6. The number of hydrogen-bond acceptors (Lipinski definition) is 5. The summed E-state index contributed by atoms with van der Waals surface area (Å²) in [4.78, 5) is 28.3. The molecule has 0 aliphatic carbocycles. The van der Waals surface area contributed by atoms with Crippen LogP contribution in [0.4, 0.5) is 4.39 Å². The van der Waals surface area contributed by atoms with Crippen molar-refractivity contribution >= 4 is 39.6 Å². The molecular formula is C30H28FN5OS. The summed E-state index contributed by atoms with van der Waals surface area (Å²) in [7, 11) is 0. The fourth-order valence-corrected chi connectivity index (χ4v) is 6.37. The lowest BCUT2D eigenvalue weighted by atomic mass is 10.1. The number of aromatic amines is 1. The Morgan fingerprint density at radius 2 is 1.89 bits per heavy atom. The van der Waals surface area contributed by atoms with Crippen molar-refractivity contribution in [2.75, 3.05) is 13.1 Å². The quantitative estimate of drug-likeness (QED) is 0.286. The summed E-state index contributed by atoms with van der Waals surface area (Å²) in [6, 6.07) is 24.4. The molecule has 0 saturated carbocycles. The van der Waals surface area contributed by atoms with Gasteiger partial charge in [-0.2, -0.15) is 0 Å². The van der Waals surface area contributed by atoms with Crippen molar-refractivity contribution < 1.29 is 9.18 Å². The van der Waals surface area contributed by atoms with Crippen LogP contribution in [0.5, 0.6) is 0 Å². The zero-order valence-corrected chi connectivity index (χ0v) is 21.6. The number of halogens is 1. The average molecular weight is 526 g/mol. The van der Waals surface area contributed by atoms with Crippen molar-refractivity contribution in [2.45, 2.75) is 35.8 Å². The van der Waals surface area contributed by atoms with Crippen LogP contribution in [0.1, 0.15) is 17.5 Å². The highest BCUT2D eigenvalue weighted by Gasteiger charge is 2.37. The number of thioether (sulfide) groups is 1. The van der Waals surface area contributed by atoms with Gasteiger partial charge in [-0.15, -0.1) is 0 Å². The Labute approximate surface area is 224 Å². The number of imidazole rings is 1. The summed E-state index contributed by atoms with van der Waals surface area (Å²) < 4.78 is 13.5. The molecule has 192 valence electrons. The van der Waals surface area contributed by atoms with E-state index < -0.39 is 0 Å². The van der Waals surface area contributed by atoms with Gasteiger partial charge in [-0.05, 0) is 60.4 Å². The number of hydrogen-bond donors (Lipinski definition) is 2. The molecular weight excluding hydrogens is 497 g/mol. The number of pyridine rings is 1. The minimum atomic E-state index is -0.267. The second-order valence-electron chi connectivity index (χ2n) is 9.64. The van der Waals surface area contributed by atoms with Crippen LogP contribution < -0.4 is 5.32 Å². The number of carbonyl (C=O) groups is 1. The Kier molecular flexibility index (Phi) is 7.07. The first-order valence-corrected chi connectivity index (χ1v) is 13.7. The third-order valence-corrected chi connectivity index (χ3v) is 8.12. The van der Waals surface area contributed by atoms with Crippen molar-refractivity contribution in [3.05, 3.63) is 102 Å². The highest BCUT2D eigenvalue weighted by molar-refractivity contribution is 7.99. The van der Waals surface area contributed by atoms with Gasteiger partial charge in [0.2, 0.25) is 5.91 Å². The zero-order chi connectivity index (χ0) is 25.9. The van der Waals surface area contributed by atoms with Crippen LogP contribution in [-0.2, 0) is 17.8 Å². The third kappa shape index (κ3) is 5.42. The van der Waals surface area contributed by atoms with Gasteiger partial charge in [0, 0.05) is 36.5 Å². The molecule has 2 atom stereocenters. The molecule has 1 fully saturated rings. The number of rotatable bonds is 8. The monoisotopic (exact) mass is 525 g/mol. The lowest BCUT2D eigenvalue weighted by Crippen LogP contribution is -2.43. The minimum absolute atomic E-state index is 0.00692. The molecule has 6 rings (SSSR count). The number of nitrogens with one attached hydrogen (secondary N) is 2. The smallest absolute Gasteiger partial charge is 0.237 e. The minimum Gasteiger partial charge on any atom is -0.354 e. The molecule has 1 aliphatic rings. The van der Waals surface area contributed by atoms with Crippen LogP contribution in [0.3, 0.4) is 0 Å². The predicted molar refractivity (Wildman–Crippen MR) is 149 cm³/mol. The molecule has 1 aliphatic heterocycles. The molecule has 2 N–H and O–H groups in total. The molecule has 38 heavy (non-hydrogen) atoms. The maximum absolute atomic E-state index is 13.5. The molecule has 5 aromatic rings. The van der Waals surface area contributed by atoms with E-state index in [9.17, 15) is 9.18 Å². The Balaban J connectivity index is 1.19. The van der Waals surface area contributed by atoms with Gasteiger partial charge in [-0.1, -0.05) is 54.2 Å². The maximum Gasteiger partial charge on any atom is 0.237 e. The topological polar surface area (TPSA) is 73.9 Å². The number of H-pyrrole nitrogens is 1. The molecule has 0 radical (unpaired) electrons. The molecule has 6 nitrogen and oxygen atoms in total. The summed E-state index contributed by atoms with van der Waals surface area (Å²) in [5.41, 5.74) is 4.94. The predicted octanol–water partition coefficient (Wildman–Crippen LogP) is 5.34. The van der Waals surface area contributed by atoms with E-state index >= 15 is 0 Å². The van der Waals surface area contributed by atoms with Gasteiger partial charge < -0.3 is 10.3 Å². The highest BCUT2D eigenvalue weighted by Crippen LogP contribution is 2.34. The Hall–Kier alpha value is -3.75. The van der Waals surface area contributed by atoms with Gasteiger partial charge in [-0.25, -0.2) is 9.37 Å². The molecule has 3 heterocycles. The van der Waals surface area contributed by atoms with Crippen LogP contribution in [0.25, 0.3) is 21.9 Å². The van der Waals surface area contributed by atoms with E-state index in [1.54, 1.807) is 17.8 Å². The number of aromatic nitrogens is 3. The summed E-state index contributed by atoms with van der Waals surface area (Å²) in [6.45, 7) is 1.88. The second kappa shape index (κ2) is 10.9. The number of carbonyl (C=O) groups excluding carboxylic acids is 1. The molecule has 8 heteroatoms. The van der Waals surface area contributed by atoms with Crippen LogP contribution in [0.15, 0.2) is 90.2 Å². The Bertz CT molecular complexity index is 1550. The molecule has 0 spiro atoms. The van der Waals surface area contributed by atoms with Crippen LogP contribution in [0.2, 0.25) is 0 Å². The van der Waals surface area contributed by atoms with E-state index in [1.807, 2.05) is 60.8 Å². The van der Waals surface area contributed by atoms with E-state index in [0.717, 1.165) is 51.2 Å². The molecule has 0 bridgehead atoms. The number of amides is 1. The summed E-state index contributed by atoms with van der Waals surface area (Å²) >= 11 is 1.70. The van der Waals surface area contributed by atoms with Gasteiger partial charge in [0.1, 0.15) is 5.82 Å². The lowest BCUT2D eigenvalue weighted by Gasteiger charge is -2.24. The van der Waals surface area contributed by atoms with Gasteiger partial charge in [0.05, 0.1) is 22.6 Å². The molecule has 1 saturated heterocycles. The van der Waals surface area contributed by atoms with E-state index in [0.29, 0.717) is 19.5 Å². The van der Waals surface area contributed by atoms with Crippen molar-refractivity contribution in [1.29, 1.82) is 0 Å². The first-order valence-electron chi connectivity index (χ1n) is 12.8. The summed E-state index contributed by atoms with van der Waals surface area (Å²) in [5.74, 6) is -0.252. The molecule has 0 unspecified atom stereocenters. The standard InChI is InChI=1S/C30H28FN5OS/c31-22-7-5-6-20(16-22)12-14-33-29(37)28-17-23(38-30-34-26-10-3-4-11-27(26)35-30)19-36(28)18-21-13-15-32-25-9-2-1-8-24(21)25/h1-11,13,15-16,23,28H,12,14,17-19H2,(H,33,37)(H,34,35)/t23-,28+/m1/s1. The average Bonchev–Trinajstić information content (AvgIpc) is 3.52. The van der Waals surface area contributed by atoms with Crippen LogP contribution in [-0.4, -0.2) is 50.1 Å². The van der Waals surface area contributed by atoms with Gasteiger partial charge in [-0.3, -0.25) is 14.7 Å². The van der Waals surface area contributed by atoms with E-state index in [-0.39, 0.29) is 23.0 Å². The van der Waals surface area contributed by atoms with E-state index in [1.165, 1.54) is 12.1 Å². The number of benzene rings is 3. The Morgan fingerprint density at radius 1 is 1.05 bits per heavy atom.